The number of amides is 1. The molecule has 0 radical (unpaired) electrons. The molecule has 0 heterocycles. The monoisotopic (exact) mass is 202 g/mol. The molecule has 0 fully saturated rings. The zero-order valence-electron chi connectivity index (χ0n) is 9.81. The number of hydrazine groups is 1. The van der Waals surface area contributed by atoms with Gasteiger partial charge in [-0.25, -0.2) is 10.2 Å². The summed E-state index contributed by atoms with van der Waals surface area (Å²) in [6.45, 7) is 9.65. The molecule has 0 bridgehead atoms. The van der Waals surface area contributed by atoms with Crippen LogP contribution in [0.15, 0.2) is 0 Å². The van der Waals surface area contributed by atoms with Crippen molar-refractivity contribution in [1.82, 2.24) is 10.9 Å². The lowest BCUT2D eigenvalue weighted by Crippen LogP contribution is -2.46. The molecule has 0 aliphatic rings. The Bertz CT molecular complexity index is 171. The van der Waals surface area contributed by atoms with Crippen molar-refractivity contribution in [3.05, 3.63) is 0 Å². The van der Waals surface area contributed by atoms with E-state index in [-0.39, 0.29) is 0 Å². The highest BCUT2D eigenvalue weighted by atomic mass is 16.6. The van der Waals surface area contributed by atoms with Crippen molar-refractivity contribution in [2.45, 2.75) is 59.1 Å². The van der Waals surface area contributed by atoms with Crippen molar-refractivity contribution in [1.29, 1.82) is 0 Å². The number of carbonyl (C=O) groups is 1. The Morgan fingerprint density at radius 2 is 1.79 bits per heavy atom. The van der Waals surface area contributed by atoms with Gasteiger partial charge in [-0.3, -0.25) is 5.43 Å². The van der Waals surface area contributed by atoms with Gasteiger partial charge in [0.05, 0.1) is 0 Å². The SMILES string of the molecule is CCC(CC)NNC(=O)OC(C)(C)C. The van der Waals surface area contributed by atoms with Crippen LogP contribution in [0, 0.1) is 0 Å². The second-order valence-electron chi connectivity index (χ2n) is 4.28. The average Bonchev–Trinajstić information content (AvgIpc) is 2.03. The van der Waals surface area contributed by atoms with Gasteiger partial charge in [0, 0.05) is 6.04 Å². The Morgan fingerprint density at radius 1 is 1.29 bits per heavy atom. The number of ether oxygens (including phenoxy) is 1. The zero-order chi connectivity index (χ0) is 11.2. The van der Waals surface area contributed by atoms with Crippen LogP contribution in [0.25, 0.3) is 0 Å². The highest BCUT2D eigenvalue weighted by Gasteiger charge is 2.16. The van der Waals surface area contributed by atoms with Gasteiger partial charge in [0.25, 0.3) is 0 Å². The third-order valence-electron chi connectivity index (χ3n) is 1.76. The van der Waals surface area contributed by atoms with Crippen molar-refractivity contribution in [3.8, 4) is 0 Å². The van der Waals surface area contributed by atoms with Gasteiger partial charge < -0.3 is 4.74 Å². The van der Waals surface area contributed by atoms with E-state index in [0.29, 0.717) is 6.04 Å². The summed E-state index contributed by atoms with van der Waals surface area (Å²) in [5.41, 5.74) is 5.00. The van der Waals surface area contributed by atoms with Crippen LogP contribution in [0.5, 0.6) is 0 Å². The van der Waals surface area contributed by atoms with E-state index in [2.05, 4.69) is 24.7 Å². The third kappa shape index (κ3) is 6.71. The fraction of sp³-hybridized carbons (Fsp3) is 0.900. The second-order valence-corrected chi connectivity index (χ2v) is 4.28. The molecule has 0 saturated carbocycles. The first-order valence-electron chi connectivity index (χ1n) is 5.13. The van der Waals surface area contributed by atoms with Crippen molar-refractivity contribution in [3.63, 3.8) is 0 Å². The van der Waals surface area contributed by atoms with Gasteiger partial charge in [-0.1, -0.05) is 13.8 Å². The predicted molar refractivity (Wildman–Crippen MR) is 56.9 cm³/mol. The predicted octanol–water partition coefficient (Wildman–Crippen LogP) is 2.20. The Balaban J connectivity index is 3.74. The summed E-state index contributed by atoms with van der Waals surface area (Å²) in [7, 11) is 0. The molecule has 0 aliphatic carbocycles. The number of rotatable bonds is 4. The number of hydrogen-bond donors (Lipinski definition) is 2. The first-order valence-corrected chi connectivity index (χ1v) is 5.13. The van der Waals surface area contributed by atoms with Crippen molar-refractivity contribution >= 4 is 6.09 Å². The smallest absolute Gasteiger partial charge is 0.422 e. The highest BCUT2D eigenvalue weighted by Crippen LogP contribution is 2.06. The summed E-state index contributed by atoms with van der Waals surface area (Å²) < 4.78 is 5.06. The maximum atomic E-state index is 11.2. The molecule has 0 aliphatic heterocycles. The van der Waals surface area contributed by atoms with Crippen LogP contribution in [-0.2, 0) is 4.74 Å². The van der Waals surface area contributed by atoms with E-state index in [0.717, 1.165) is 12.8 Å². The van der Waals surface area contributed by atoms with Crippen LogP contribution in [0.1, 0.15) is 47.5 Å². The molecule has 14 heavy (non-hydrogen) atoms. The van der Waals surface area contributed by atoms with Gasteiger partial charge in [0.1, 0.15) is 5.60 Å². The van der Waals surface area contributed by atoms with Crippen molar-refractivity contribution in [2.24, 2.45) is 0 Å². The molecule has 0 saturated heterocycles. The Labute approximate surface area is 86.4 Å². The molecule has 0 spiro atoms. The molecule has 1 amide bonds. The standard InChI is InChI=1S/C10H22N2O2/c1-6-8(7-2)11-12-9(13)14-10(3,4)5/h8,11H,6-7H2,1-5H3,(H,12,13). The molecule has 0 unspecified atom stereocenters. The first kappa shape index (κ1) is 13.2. The highest BCUT2D eigenvalue weighted by molar-refractivity contribution is 5.66. The lowest BCUT2D eigenvalue weighted by molar-refractivity contribution is 0.0486. The molecule has 2 N–H and O–H groups in total. The van der Waals surface area contributed by atoms with Crippen LogP contribution < -0.4 is 10.9 Å². The summed E-state index contributed by atoms with van der Waals surface area (Å²) in [5.74, 6) is 0. The van der Waals surface area contributed by atoms with E-state index in [1.54, 1.807) is 0 Å². The van der Waals surface area contributed by atoms with Gasteiger partial charge in [-0.15, -0.1) is 0 Å². The Morgan fingerprint density at radius 3 is 2.14 bits per heavy atom. The van der Waals surface area contributed by atoms with Crippen LogP contribution in [0.2, 0.25) is 0 Å². The van der Waals surface area contributed by atoms with Crippen LogP contribution in [0.4, 0.5) is 4.79 Å². The molecular formula is C10H22N2O2. The topological polar surface area (TPSA) is 50.4 Å². The molecule has 84 valence electrons. The van der Waals surface area contributed by atoms with E-state index in [9.17, 15) is 4.79 Å². The normalized spacial score (nSPS) is 11.6. The van der Waals surface area contributed by atoms with Gasteiger partial charge >= 0.3 is 6.09 Å². The number of hydrogen-bond acceptors (Lipinski definition) is 3. The number of carbonyl (C=O) groups excluding carboxylic acids is 1. The van der Waals surface area contributed by atoms with Crippen LogP contribution in [-0.4, -0.2) is 17.7 Å². The lowest BCUT2D eigenvalue weighted by atomic mass is 10.2. The molecule has 4 nitrogen and oxygen atoms in total. The molecule has 4 heteroatoms. The van der Waals surface area contributed by atoms with Crippen molar-refractivity contribution < 1.29 is 9.53 Å². The van der Waals surface area contributed by atoms with E-state index < -0.39 is 11.7 Å². The van der Waals surface area contributed by atoms with Gasteiger partial charge in [0.15, 0.2) is 0 Å². The van der Waals surface area contributed by atoms with Gasteiger partial charge in [0.2, 0.25) is 0 Å². The van der Waals surface area contributed by atoms with E-state index in [4.69, 9.17) is 4.74 Å². The zero-order valence-corrected chi connectivity index (χ0v) is 9.81. The third-order valence-corrected chi connectivity index (χ3v) is 1.76. The second kappa shape index (κ2) is 5.86. The maximum Gasteiger partial charge on any atom is 0.422 e. The van der Waals surface area contributed by atoms with Crippen LogP contribution in [0.3, 0.4) is 0 Å². The molecule has 0 aromatic rings. The summed E-state index contributed by atoms with van der Waals surface area (Å²) >= 11 is 0. The fourth-order valence-electron chi connectivity index (χ4n) is 0.957. The summed E-state index contributed by atoms with van der Waals surface area (Å²) in [5, 5.41) is 0. The van der Waals surface area contributed by atoms with Gasteiger partial charge in [-0.05, 0) is 33.6 Å². The summed E-state index contributed by atoms with van der Waals surface area (Å²) in [4.78, 5) is 11.2. The minimum Gasteiger partial charge on any atom is -0.443 e. The van der Waals surface area contributed by atoms with E-state index >= 15 is 0 Å². The molecule has 0 rings (SSSR count). The fourth-order valence-corrected chi connectivity index (χ4v) is 0.957. The van der Waals surface area contributed by atoms with Crippen molar-refractivity contribution in [2.75, 3.05) is 0 Å². The number of nitrogens with one attached hydrogen (secondary N) is 2. The van der Waals surface area contributed by atoms with Gasteiger partial charge in [-0.2, -0.15) is 0 Å². The average molecular weight is 202 g/mol. The minimum atomic E-state index is -0.445. The maximum absolute atomic E-state index is 11.2. The molecule has 0 aromatic heterocycles. The first-order chi connectivity index (χ1) is 6.39. The van der Waals surface area contributed by atoms with E-state index in [1.165, 1.54) is 0 Å². The molecular weight excluding hydrogens is 180 g/mol. The summed E-state index contributed by atoms with van der Waals surface area (Å²) in [6.07, 6.45) is 1.53. The van der Waals surface area contributed by atoms with Crippen LogP contribution >= 0.6 is 0 Å². The summed E-state index contributed by atoms with van der Waals surface area (Å²) in [6, 6.07) is 0.308. The quantitative estimate of drug-likeness (QED) is 0.687. The lowest BCUT2D eigenvalue weighted by Gasteiger charge is -2.21. The molecule has 0 aromatic carbocycles. The molecule has 0 atom stereocenters. The Kier molecular flexibility index (Phi) is 5.53. The largest absolute Gasteiger partial charge is 0.443 e. The minimum absolute atomic E-state index is 0.308. The Hall–Kier alpha value is -0.770. The van der Waals surface area contributed by atoms with E-state index in [1.807, 2.05) is 20.8 Å².